The Balaban J connectivity index is 0.000000270. The number of benzene rings is 1. The molecular formula is C17H27NO3. The lowest BCUT2D eigenvalue weighted by Gasteiger charge is -2.24. The second kappa shape index (κ2) is 8.67. The van der Waals surface area contributed by atoms with Gasteiger partial charge in [-0.05, 0) is 64.3 Å². The lowest BCUT2D eigenvalue weighted by atomic mass is 9.90. The van der Waals surface area contributed by atoms with Crippen molar-refractivity contribution in [1.82, 2.24) is 5.32 Å². The Morgan fingerprint density at radius 3 is 2.29 bits per heavy atom. The van der Waals surface area contributed by atoms with Crippen molar-refractivity contribution in [3.63, 3.8) is 0 Å². The number of carbonyl (C=O) groups is 1. The first kappa shape index (κ1) is 17.5. The smallest absolute Gasteiger partial charge is 0.293 e. The third kappa shape index (κ3) is 6.63. The van der Waals surface area contributed by atoms with Crippen LogP contribution in [-0.4, -0.2) is 32.3 Å². The average molecular weight is 293 g/mol. The molecular weight excluding hydrogens is 266 g/mol. The fourth-order valence-electron chi connectivity index (χ4n) is 2.28. The number of hydrogen-bond acceptors (Lipinski definition) is 4. The molecule has 1 aromatic rings. The number of rotatable bonds is 3. The maximum atomic E-state index is 9.60. The molecule has 0 aromatic heterocycles. The van der Waals surface area contributed by atoms with Crippen molar-refractivity contribution in [3.8, 4) is 5.75 Å². The van der Waals surface area contributed by atoms with Gasteiger partial charge in [-0.2, -0.15) is 0 Å². The predicted molar refractivity (Wildman–Crippen MR) is 84.7 cm³/mol. The van der Waals surface area contributed by atoms with E-state index in [9.17, 15) is 4.79 Å². The third-order valence-corrected chi connectivity index (χ3v) is 3.32. The molecule has 0 spiro atoms. The van der Waals surface area contributed by atoms with Crippen molar-refractivity contribution >= 4 is 6.47 Å². The molecule has 0 unspecified atom stereocenters. The summed E-state index contributed by atoms with van der Waals surface area (Å²) in [6.45, 7) is 8.18. The standard InChI is InChI=1S/C12H17NO.C5H10O2/c1-14-12-5-3-2-4-11(12)10-6-8-13-9-7-10;1-5(2,3)7-4-6/h2-5,10,13H,6-9H2,1H3;4H,1-3H3. The van der Waals surface area contributed by atoms with E-state index in [0.717, 1.165) is 18.8 Å². The SMILES string of the molecule is CC(C)(C)OC=O.COc1ccccc1C1CCNCC1. The summed E-state index contributed by atoms with van der Waals surface area (Å²) in [4.78, 5) is 9.60. The molecule has 21 heavy (non-hydrogen) atoms. The normalized spacial score (nSPS) is 15.6. The summed E-state index contributed by atoms with van der Waals surface area (Å²) in [5.41, 5.74) is 1.05. The molecule has 1 aliphatic heterocycles. The van der Waals surface area contributed by atoms with E-state index in [1.165, 1.54) is 18.4 Å². The van der Waals surface area contributed by atoms with Crippen LogP contribution in [0.3, 0.4) is 0 Å². The van der Waals surface area contributed by atoms with Crippen molar-refractivity contribution in [2.45, 2.75) is 45.1 Å². The van der Waals surface area contributed by atoms with Crippen molar-refractivity contribution in [3.05, 3.63) is 29.8 Å². The largest absolute Gasteiger partial charge is 0.496 e. The molecule has 1 saturated heterocycles. The molecule has 1 heterocycles. The van der Waals surface area contributed by atoms with Crippen molar-refractivity contribution in [2.75, 3.05) is 20.2 Å². The molecule has 0 bridgehead atoms. The topological polar surface area (TPSA) is 47.6 Å². The quantitative estimate of drug-likeness (QED) is 0.870. The Morgan fingerprint density at radius 1 is 1.19 bits per heavy atom. The monoisotopic (exact) mass is 293 g/mol. The summed E-state index contributed by atoms with van der Waals surface area (Å²) in [5.74, 6) is 1.71. The number of carbonyl (C=O) groups excluding carboxylic acids is 1. The first-order chi connectivity index (χ1) is 9.98. The molecule has 0 atom stereocenters. The van der Waals surface area contributed by atoms with E-state index in [0.29, 0.717) is 12.4 Å². The fourth-order valence-corrected chi connectivity index (χ4v) is 2.28. The Kier molecular flexibility index (Phi) is 7.23. The highest BCUT2D eigenvalue weighted by molar-refractivity contribution is 5.38. The van der Waals surface area contributed by atoms with Gasteiger partial charge in [-0.1, -0.05) is 18.2 Å². The van der Waals surface area contributed by atoms with Crippen LogP contribution in [0.2, 0.25) is 0 Å². The minimum atomic E-state index is -0.318. The molecule has 0 radical (unpaired) electrons. The molecule has 4 heteroatoms. The predicted octanol–water partition coefficient (Wildman–Crippen LogP) is 3.12. The van der Waals surface area contributed by atoms with Crippen LogP contribution in [0.1, 0.15) is 45.1 Å². The summed E-state index contributed by atoms with van der Waals surface area (Å²) in [5, 5.41) is 3.38. The Bertz CT molecular complexity index is 420. The highest BCUT2D eigenvalue weighted by atomic mass is 16.5. The van der Waals surface area contributed by atoms with Gasteiger partial charge in [0.2, 0.25) is 0 Å². The molecule has 0 amide bonds. The van der Waals surface area contributed by atoms with E-state index in [1.807, 2.05) is 26.8 Å². The van der Waals surface area contributed by atoms with E-state index >= 15 is 0 Å². The van der Waals surface area contributed by atoms with Crippen molar-refractivity contribution in [2.24, 2.45) is 0 Å². The minimum Gasteiger partial charge on any atom is -0.496 e. The van der Waals surface area contributed by atoms with Gasteiger partial charge in [-0.3, -0.25) is 4.79 Å². The fraction of sp³-hybridized carbons (Fsp3) is 0.588. The first-order valence-corrected chi connectivity index (χ1v) is 7.43. The molecule has 4 nitrogen and oxygen atoms in total. The van der Waals surface area contributed by atoms with Gasteiger partial charge in [0.15, 0.2) is 0 Å². The molecule has 1 aromatic carbocycles. The lowest BCUT2D eigenvalue weighted by Crippen LogP contribution is -2.26. The minimum absolute atomic E-state index is 0.318. The van der Waals surface area contributed by atoms with Gasteiger partial charge in [-0.25, -0.2) is 0 Å². The van der Waals surface area contributed by atoms with Gasteiger partial charge in [0.25, 0.3) is 6.47 Å². The molecule has 0 saturated carbocycles. The number of para-hydroxylation sites is 1. The van der Waals surface area contributed by atoms with Gasteiger partial charge < -0.3 is 14.8 Å². The van der Waals surface area contributed by atoms with Crippen LogP contribution >= 0.6 is 0 Å². The van der Waals surface area contributed by atoms with E-state index < -0.39 is 0 Å². The highest BCUT2D eigenvalue weighted by Gasteiger charge is 2.17. The van der Waals surface area contributed by atoms with E-state index in [2.05, 4.69) is 28.3 Å². The van der Waals surface area contributed by atoms with Gasteiger partial charge in [0, 0.05) is 0 Å². The zero-order chi connectivity index (χ0) is 15.7. The second-order valence-corrected chi connectivity index (χ2v) is 6.09. The Hall–Kier alpha value is -1.55. The molecule has 0 aliphatic carbocycles. The molecule has 1 N–H and O–H groups in total. The van der Waals surface area contributed by atoms with Crippen LogP contribution in [0.5, 0.6) is 5.75 Å². The van der Waals surface area contributed by atoms with Gasteiger partial charge >= 0.3 is 0 Å². The maximum absolute atomic E-state index is 9.60. The summed E-state index contributed by atoms with van der Waals surface area (Å²) in [6, 6.07) is 8.37. The van der Waals surface area contributed by atoms with Crippen LogP contribution in [0.4, 0.5) is 0 Å². The number of hydrogen-bond donors (Lipinski definition) is 1. The van der Waals surface area contributed by atoms with E-state index in [-0.39, 0.29) is 5.60 Å². The summed E-state index contributed by atoms with van der Waals surface area (Å²) < 4.78 is 9.93. The highest BCUT2D eigenvalue weighted by Crippen LogP contribution is 2.31. The van der Waals surface area contributed by atoms with Crippen LogP contribution in [-0.2, 0) is 9.53 Å². The maximum Gasteiger partial charge on any atom is 0.293 e. The number of nitrogens with one attached hydrogen (secondary N) is 1. The molecule has 2 rings (SSSR count). The molecule has 1 aliphatic rings. The first-order valence-electron chi connectivity index (χ1n) is 7.43. The van der Waals surface area contributed by atoms with Crippen LogP contribution in [0.15, 0.2) is 24.3 Å². The Morgan fingerprint density at radius 2 is 1.81 bits per heavy atom. The van der Waals surface area contributed by atoms with Crippen molar-refractivity contribution in [1.29, 1.82) is 0 Å². The van der Waals surface area contributed by atoms with Gasteiger partial charge in [-0.15, -0.1) is 0 Å². The number of methoxy groups -OCH3 is 1. The summed E-state index contributed by atoms with van der Waals surface area (Å²) in [6.07, 6.45) is 2.45. The number of piperidine rings is 1. The second-order valence-electron chi connectivity index (χ2n) is 6.09. The lowest BCUT2D eigenvalue weighted by molar-refractivity contribution is -0.138. The van der Waals surface area contributed by atoms with E-state index in [1.54, 1.807) is 7.11 Å². The summed E-state index contributed by atoms with van der Waals surface area (Å²) in [7, 11) is 1.75. The zero-order valence-electron chi connectivity index (χ0n) is 13.5. The summed E-state index contributed by atoms with van der Waals surface area (Å²) >= 11 is 0. The van der Waals surface area contributed by atoms with Crippen LogP contribution in [0, 0.1) is 0 Å². The molecule has 118 valence electrons. The molecule has 1 fully saturated rings. The average Bonchev–Trinajstić information content (AvgIpc) is 2.47. The van der Waals surface area contributed by atoms with E-state index in [4.69, 9.17) is 4.74 Å². The van der Waals surface area contributed by atoms with Crippen LogP contribution < -0.4 is 10.1 Å². The van der Waals surface area contributed by atoms with Gasteiger partial charge in [0.05, 0.1) is 7.11 Å². The third-order valence-electron chi connectivity index (χ3n) is 3.32. The van der Waals surface area contributed by atoms with Gasteiger partial charge in [0.1, 0.15) is 11.4 Å². The zero-order valence-corrected chi connectivity index (χ0v) is 13.5. The Labute approximate surface area is 127 Å². The number of ether oxygens (including phenoxy) is 2. The van der Waals surface area contributed by atoms with Crippen LogP contribution in [0.25, 0.3) is 0 Å². The van der Waals surface area contributed by atoms with Crippen molar-refractivity contribution < 1.29 is 14.3 Å².